The summed E-state index contributed by atoms with van der Waals surface area (Å²) in [6, 6.07) is 58.9. The number of aromatic nitrogens is 6. The van der Waals surface area contributed by atoms with E-state index in [9.17, 15) is 9.59 Å². The molecule has 7 aromatic carbocycles. The quantitative estimate of drug-likeness (QED) is 0.0817. The van der Waals surface area contributed by atoms with Crippen molar-refractivity contribution >= 4 is 34.3 Å². The third kappa shape index (κ3) is 8.03. The molecular weight excluding hydrogens is 827 g/mol. The first-order valence-electron chi connectivity index (χ1n) is 22.9. The number of nitrogens with zero attached hydrogens (tertiary/aromatic N) is 6. The highest BCUT2D eigenvalue weighted by Gasteiger charge is 2.38. The van der Waals surface area contributed by atoms with Crippen LogP contribution in [0.1, 0.15) is 63.0 Å². The molecule has 0 aliphatic rings. The van der Waals surface area contributed by atoms with E-state index in [1.165, 1.54) is 0 Å². The van der Waals surface area contributed by atoms with E-state index in [0.717, 1.165) is 97.4 Å². The minimum Gasteiger partial charge on any atom is -0.342 e. The molecule has 10 aromatic rings. The fourth-order valence-corrected chi connectivity index (χ4v) is 9.71. The summed E-state index contributed by atoms with van der Waals surface area (Å²) in [5.41, 5.74) is 12.7. The number of hydrogen-bond acceptors (Lipinski definition) is 5. The minimum atomic E-state index is -0.811. The van der Waals surface area contributed by atoms with Gasteiger partial charge in [0, 0.05) is 43.8 Å². The highest BCUT2D eigenvalue weighted by molar-refractivity contribution is 6.02. The molecule has 1 N–H and O–H groups in total. The number of aldehydes is 1. The molecular formula is C58H51N7O2. The van der Waals surface area contributed by atoms with Crippen molar-refractivity contribution in [3.05, 3.63) is 233 Å². The molecule has 0 fully saturated rings. The van der Waals surface area contributed by atoms with Crippen LogP contribution in [0, 0.1) is 6.92 Å². The van der Waals surface area contributed by atoms with Crippen LogP contribution in [0.15, 0.2) is 188 Å². The second-order valence-electron chi connectivity index (χ2n) is 17.3. The van der Waals surface area contributed by atoms with Crippen molar-refractivity contribution in [1.82, 2.24) is 34.0 Å². The van der Waals surface area contributed by atoms with Crippen LogP contribution >= 0.6 is 0 Å². The van der Waals surface area contributed by atoms with Gasteiger partial charge in [-0.3, -0.25) is 4.79 Å². The number of nitrogens with one attached hydrogen (secondary N) is 1. The summed E-state index contributed by atoms with van der Waals surface area (Å²) in [5, 5.41) is 3.02. The van der Waals surface area contributed by atoms with Crippen LogP contribution in [0.5, 0.6) is 0 Å². The topological polar surface area (TPSA) is 99.6 Å². The van der Waals surface area contributed by atoms with Crippen molar-refractivity contribution in [3.8, 4) is 22.5 Å². The van der Waals surface area contributed by atoms with Crippen molar-refractivity contribution in [2.24, 2.45) is 7.05 Å². The molecule has 9 nitrogen and oxygen atoms in total. The average Bonchev–Trinajstić information content (AvgIpc) is 4.08. The van der Waals surface area contributed by atoms with Gasteiger partial charge in [0.1, 0.15) is 23.5 Å². The van der Waals surface area contributed by atoms with E-state index in [-0.39, 0.29) is 12.3 Å². The smallest absolute Gasteiger partial charge is 0.252 e. The molecule has 9 heteroatoms. The second-order valence-corrected chi connectivity index (χ2v) is 17.3. The standard InChI is InChI=1S/C58H51N7O2/c1-4-18-54-62-55-40(2)33-43(56-61-51-27-16-17-28-52(51)63(56)3)34-53(55)65(54)36-41-29-31-42(32-30-41)49-25-14-15-26-50(49)57(67)60-48(38-66)35-47-37-64(39-59-47)58(44-19-8-5-9-20-44,45-21-10-6-11-22-45)46-23-12-7-13-24-46/h5-17,19-34,37-39,48H,4,18,35-36H2,1-3H3,(H,60,67)/t48-/m0/s1. The van der Waals surface area contributed by atoms with Crippen LogP contribution in [0.3, 0.4) is 0 Å². The van der Waals surface area contributed by atoms with Gasteiger partial charge < -0.3 is 23.8 Å². The van der Waals surface area contributed by atoms with Gasteiger partial charge in [-0.15, -0.1) is 0 Å². The van der Waals surface area contributed by atoms with Gasteiger partial charge >= 0.3 is 0 Å². The number of benzene rings is 7. The Morgan fingerprint density at radius 1 is 0.716 bits per heavy atom. The highest BCUT2D eigenvalue weighted by atomic mass is 16.2. The highest BCUT2D eigenvalue weighted by Crippen LogP contribution is 2.41. The van der Waals surface area contributed by atoms with Crippen LogP contribution in [0.25, 0.3) is 44.6 Å². The molecule has 0 saturated carbocycles. The van der Waals surface area contributed by atoms with Gasteiger partial charge in [-0.2, -0.15) is 0 Å². The molecule has 10 rings (SSSR count). The van der Waals surface area contributed by atoms with Crippen molar-refractivity contribution in [2.75, 3.05) is 0 Å². The van der Waals surface area contributed by atoms with Crippen LogP contribution in [0.2, 0.25) is 0 Å². The molecule has 0 aliphatic carbocycles. The Balaban J connectivity index is 0.902. The third-order valence-electron chi connectivity index (χ3n) is 12.9. The van der Waals surface area contributed by atoms with Crippen molar-refractivity contribution < 1.29 is 9.59 Å². The monoisotopic (exact) mass is 877 g/mol. The number of imidazole rings is 3. The fraction of sp³-hybridized carbons (Fsp3) is 0.155. The first kappa shape index (κ1) is 42.8. The van der Waals surface area contributed by atoms with Crippen molar-refractivity contribution in [3.63, 3.8) is 0 Å². The molecule has 0 unspecified atom stereocenters. The fourth-order valence-electron chi connectivity index (χ4n) is 9.71. The zero-order valence-electron chi connectivity index (χ0n) is 37.9. The zero-order chi connectivity index (χ0) is 45.9. The number of para-hydroxylation sites is 2. The SMILES string of the molecule is CCCc1nc2c(C)cc(-c3nc4ccccc4n3C)cc2n1Cc1ccc(-c2ccccc2C(=O)N[C@H](C=O)Cc2cn(C(c3ccccc3)(c3ccccc3)c3ccccc3)cn2)cc1. The molecule has 0 bridgehead atoms. The van der Waals surface area contributed by atoms with Crippen LogP contribution in [0.4, 0.5) is 0 Å². The number of carbonyl (C=O) groups is 2. The van der Waals surface area contributed by atoms with E-state index in [4.69, 9.17) is 15.0 Å². The van der Waals surface area contributed by atoms with Gasteiger partial charge in [-0.25, -0.2) is 15.0 Å². The number of fused-ring (bicyclic) bond motifs is 2. The Labute approximate surface area is 390 Å². The lowest BCUT2D eigenvalue weighted by atomic mass is 9.77. The molecule has 3 aromatic heterocycles. The van der Waals surface area contributed by atoms with Crippen LogP contribution in [-0.2, 0) is 36.8 Å². The van der Waals surface area contributed by atoms with E-state index >= 15 is 0 Å². The van der Waals surface area contributed by atoms with Gasteiger partial charge in [0.15, 0.2) is 0 Å². The second kappa shape index (κ2) is 18.4. The maximum absolute atomic E-state index is 14.1. The van der Waals surface area contributed by atoms with Crippen molar-refractivity contribution in [2.45, 2.75) is 51.2 Å². The maximum atomic E-state index is 14.1. The first-order valence-corrected chi connectivity index (χ1v) is 22.9. The van der Waals surface area contributed by atoms with Gasteiger partial charge in [0.25, 0.3) is 5.91 Å². The average molecular weight is 878 g/mol. The normalized spacial score (nSPS) is 12.1. The minimum absolute atomic E-state index is 0.218. The summed E-state index contributed by atoms with van der Waals surface area (Å²) in [5.74, 6) is 1.64. The first-order chi connectivity index (χ1) is 32.8. The summed E-state index contributed by atoms with van der Waals surface area (Å²) in [4.78, 5) is 41.9. The maximum Gasteiger partial charge on any atom is 0.252 e. The lowest BCUT2D eigenvalue weighted by Gasteiger charge is -2.37. The van der Waals surface area contributed by atoms with Gasteiger partial charge in [0.05, 0.1) is 40.1 Å². The van der Waals surface area contributed by atoms with E-state index < -0.39 is 11.6 Å². The Morgan fingerprint density at radius 2 is 1.34 bits per heavy atom. The number of amides is 1. The number of hydrogen-bond donors (Lipinski definition) is 1. The Bertz CT molecular complexity index is 3260. The van der Waals surface area contributed by atoms with Crippen molar-refractivity contribution in [1.29, 1.82) is 0 Å². The largest absolute Gasteiger partial charge is 0.342 e. The predicted octanol–water partition coefficient (Wildman–Crippen LogP) is 11.1. The molecule has 0 spiro atoms. The molecule has 1 atom stereocenters. The molecule has 67 heavy (non-hydrogen) atoms. The van der Waals surface area contributed by atoms with Gasteiger partial charge in [0.2, 0.25) is 0 Å². The lowest BCUT2D eigenvalue weighted by Crippen LogP contribution is -2.38. The Kier molecular flexibility index (Phi) is 11.7. The van der Waals surface area contributed by atoms with E-state index in [1.807, 2.05) is 104 Å². The van der Waals surface area contributed by atoms with E-state index in [0.29, 0.717) is 17.8 Å². The number of carbonyl (C=O) groups excluding carboxylic acids is 2. The third-order valence-corrected chi connectivity index (χ3v) is 12.9. The Hall–Kier alpha value is -8.17. The van der Waals surface area contributed by atoms with Crippen LogP contribution < -0.4 is 5.32 Å². The molecule has 1 amide bonds. The molecule has 3 heterocycles. The summed E-state index contributed by atoms with van der Waals surface area (Å²) in [6.45, 7) is 4.95. The van der Waals surface area contributed by atoms with Crippen LogP contribution in [-0.4, -0.2) is 46.9 Å². The molecule has 0 aliphatic heterocycles. The summed E-state index contributed by atoms with van der Waals surface area (Å²) in [6.07, 6.45) is 6.66. The summed E-state index contributed by atoms with van der Waals surface area (Å²) < 4.78 is 6.61. The summed E-state index contributed by atoms with van der Waals surface area (Å²) in [7, 11) is 2.07. The number of rotatable bonds is 15. The molecule has 330 valence electrons. The van der Waals surface area contributed by atoms with Gasteiger partial charge in [-0.05, 0) is 82.6 Å². The Morgan fingerprint density at radius 3 is 1.99 bits per heavy atom. The molecule has 0 saturated heterocycles. The molecule has 0 radical (unpaired) electrons. The van der Waals surface area contributed by atoms with Gasteiger partial charge in [-0.1, -0.05) is 153 Å². The van der Waals surface area contributed by atoms with E-state index in [1.54, 1.807) is 0 Å². The predicted molar refractivity (Wildman–Crippen MR) is 267 cm³/mol. The summed E-state index contributed by atoms with van der Waals surface area (Å²) >= 11 is 0. The number of aryl methyl sites for hydroxylation is 3. The zero-order valence-corrected chi connectivity index (χ0v) is 37.9. The van der Waals surface area contributed by atoms with E-state index in [2.05, 4.69) is 125 Å². The lowest BCUT2D eigenvalue weighted by molar-refractivity contribution is -0.109.